The Hall–Kier alpha value is -3.24. The van der Waals surface area contributed by atoms with Gasteiger partial charge in [0.15, 0.2) is 0 Å². The quantitative estimate of drug-likeness (QED) is 0.505. The van der Waals surface area contributed by atoms with Gasteiger partial charge >= 0.3 is 0 Å². The van der Waals surface area contributed by atoms with Crippen molar-refractivity contribution in [3.63, 3.8) is 0 Å². The van der Waals surface area contributed by atoms with E-state index in [4.69, 9.17) is 25.6 Å². The number of aromatic nitrogens is 1. The van der Waals surface area contributed by atoms with E-state index in [0.717, 1.165) is 0 Å². The number of benzene rings is 2. The monoisotopic (exact) mass is 479 g/mol. The summed E-state index contributed by atoms with van der Waals surface area (Å²) in [5.74, 6) is 0.734. The molecule has 9 nitrogen and oxygen atoms in total. The summed E-state index contributed by atoms with van der Waals surface area (Å²) in [6.45, 7) is 3.52. The third-order valence-corrected chi connectivity index (χ3v) is 6.37. The first kappa shape index (κ1) is 23.4. The van der Waals surface area contributed by atoms with Crippen molar-refractivity contribution in [3.8, 4) is 11.5 Å². The number of nitrogens with one attached hydrogen (secondary N) is 2. The lowest BCUT2D eigenvalue weighted by Crippen LogP contribution is -2.24. The zero-order chi connectivity index (χ0) is 23.5. The predicted molar refractivity (Wildman–Crippen MR) is 119 cm³/mol. The van der Waals surface area contributed by atoms with Gasteiger partial charge in [-0.05, 0) is 37.6 Å². The molecule has 0 bridgehead atoms. The van der Waals surface area contributed by atoms with Gasteiger partial charge in [-0.3, -0.25) is 9.52 Å². The maximum atomic E-state index is 13.1. The van der Waals surface area contributed by atoms with Crippen LogP contribution in [0.4, 0.5) is 5.69 Å². The zero-order valence-electron chi connectivity index (χ0n) is 17.9. The molecule has 3 rings (SSSR count). The third-order valence-electron chi connectivity index (χ3n) is 4.56. The summed E-state index contributed by atoms with van der Waals surface area (Å²) in [7, 11) is -1.23. The van der Waals surface area contributed by atoms with Gasteiger partial charge < -0.3 is 19.3 Å². The smallest absolute Gasteiger partial charge is 0.262 e. The summed E-state index contributed by atoms with van der Waals surface area (Å²) in [6.07, 6.45) is 0. The van der Waals surface area contributed by atoms with Gasteiger partial charge in [0, 0.05) is 17.7 Å². The number of rotatable bonds is 8. The van der Waals surface area contributed by atoms with Crippen molar-refractivity contribution in [2.75, 3.05) is 18.9 Å². The first-order valence-electron chi connectivity index (χ1n) is 9.40. The molecule has 0 aliphatic heterocycles. The van der Waals surface area contributed by atoms with Crippen molar-refractivity contribution in [1.82, 2.24) is 10.5 Å². The van der Waals surface area contributed by atoms with Crippen LogP contribution in [-0.4, -0.2) is 33.7 Å². The van der Waals surface area contributed by atoms with Gasteiger partial charge in [0.05, 0.1) is 36.4 Å². The normalized spacial score (nSPS) is 11.2. The molecule has 0 saturated carbocycles. The molecular weight excluding hydrogens is 458 g/mol. The molecule has 32 heavy (non-hydrogen) atoms. The van der Waals surface area contributed by atoms with Crippen LogP contribution in [-0.2, 0) is 16.6 Å². The number of aryl methyl sites for hydroxylation is 2. The lowest BCUT2D eigenvalue weighted by Gasteiger charge is -2.15. The van der Waals surface area contributed by atoms with Crippen molar-refractivity contribution in [2.45, 2.75) is 25.3 Å². The van der Waals surface area contributed by atoms with Crippen LogP contribution >= 0.6 is 11.6 Å². The highest BCUT2D eigenvalue weighted by Crippen LogP contribution is 2.37. The van der Waals surface area contributed by atoms with Crippen molar-refractivity contribution in [3.05, 3.63) is 64.0 Å². The Morgan fingerprint density at radius 1 is 1.09 bits per heavy atom. The molecule has 0 saturated heterocycles. The molecule has 3 aromatic rings. The van der Waals surface area contributed by atoms with E-state index >= 15 is 0 Å². The van der Waals surface area contributed by atoms with Gasteiger partial charge in [0.2, 0.25) is 0 Å². The molecule has 0 aliphatic carbocycles. The SMILES string of the molecule is COc1cc(OC)c(NS(=O)(=O)c2cc(C(=O)NCc3cc(C)on3)ccc2C)cc1Cl. The second-order valence-corrected chi connectivity index (χ2v) is 8.94. The number of methoxy groups -OCH3 is 2. The van der Waals surface area contributed by atoms with E-state index in [-0.39, 0.29) is 33.5 Å². The van der Waals surface area contributed by atoms with E-state index in [0.29, 0.717) is 22.8 Å². The van der Waals surface area contributed by atoms with E-state index in [9.17, 15) is 13.2 Å². The van der Waals surface area contributed by atoms with Crippen LogP contribution in [0.1, 0.15) is 27.4 Å². The lowest BCUT2D eigenvalue weighted by atomic mass is 10.1. The number of carbonyl (C=O) groups is 1. The molecule has 170 valence electrons. The van der Waals surface area contributed by atoms with E-state index < -0.39 is 15.9 Å². The third kappa shape index (κ3) is 5.14. The number of nitrogens with zero attached hydrogens (tertiary/aromatic N) is 1. The number of sulfonamides is 1. The van der Waals surface area contributed by atoms with Gasteiger partial charge in [0.25, 0.3) is 15.9 Å². The standard InChI is InChI=1S/C21H22ClN3O6S/c1-12-5-6-14(21(26)23-11-15-7-13(2)31-24-15)8-20(12)32(27,28)25-17-9-16(22)18(29-3)10-19(17)30-4/h5-10,25H,11H2,1-4H3,(H,23,26). The van der Waals surface area contributed by atoms with Crippen molar-refractivity contribution < 1.29 is 27.2 Å². The predicted octanol–water partition coefficient (Wildman–Crippen LogP) is 3.69. The molecular formula is C21H22ClN3O6S. The lowest BCUT2D eigenvalue weighted by molar-refractivity contribution is 0.0950. The number of hydrogen-bond acceptors (Lipinski definition) is 7. The van der Waals surface area contributed by atoms with Crippen molar-refractivity contribution >= 4 is 33.2 Å². The van der Waals surface area contributed by atoms with Gasteiger partial charge in [-0.15, -0.1) is 0 Å². The fraction of sp³-hybridized carbons (Fsp3) is 0.238. The van der Waals surface area contributed by atoms with Crippen LogP contribution in [0.25, 0.3) is 0 Å². The molecule has 11 heteroatoms. The number of ether oxygens (including phenoxy) is 2. The average molecular weight is 480 g/mol. The minimum atomic E-state index is -4.07. The molecule has 0 fully saturated rings. The first-order valence-corrected chi connectivity index (χ1v) is 11.3. The largest absolute Gasteiger partial charge is 0.495 e. The molecule has 0 radical (unpaired) electrons. The second kappa shape index (κ2) is 9.49. The minimum absolute atomic E-state index is 0.0589. The van der Waals surface area contributed by atoms with Crippen molar-refractivity contribution in [2.24, 2.45) is 0 Å². The fourth-order valence-corrected chi connectivity index (χ4v) is 4.52. The van der Waals surface area contributed by atoms with Crippen LogP contribution in [0.2, 0.25) is 5.02 Å². The highest BCUT2D eigenvalue weighted by atomic mass is 35.5. The van der Waals surface area contributed by atoms with Crippen LogP contribution in [0, 0.1) is 13.8 Å². The first-order chi connectivity index (χ1) is 15.1. The van der Waals surface area contributed by atoms with Crippen LogP contribution in [0.5, 0.6) is 11.5 Å². The molecule has 2 N–H and O–H groups in total. The number of amides is 1. The fourth-order valence-electron chi connectivity index (χ4n) is 2.94. The summed E-state index contributed by atoms with van der Waals surface area (Å²) < 4.78 is 44.0. The summed E-state index contributed by atoms with van der Waals surface area (Å²) in [5, 5.41) is 6.70. The van der Waals surface area contributed by atoms with Crippen molar-refractivity contribution in [1.29, 1.82) is 0 Å². The van der Waals surface area contributed by atoms with E-state index in [1.165, 1.54) is 32.4 Å². The molecule has 0 atom stereocenters. The summed E-state index contributed by atoms with van der Waals surface area (Å²) in [6, 6.07) is 8.97. The molecule has 2 aromatic carbocycles. The molecule has 0 spiro atoms. The highest BCUT2D eigenvalue weighted by molar-refractivity contribution is 7.92. The maximum Gasteiger partial charge on any atom is 0.262 e. The number of carbonyl (C=O) groups excluding carboxylic acids is 1. The molecule has 0 aliphatic rings. The van der Waals surface area contributed by atoms with Gasteiger partial charge in [-0.2, -0.15) is 0 Å². The summed E-state index contributed by atoms with van der Waals surface area (Å²) in [5.41, 5.74) is 1.32. The summed E-state index contributed by atoms with van der Waals surface area (Å²) in [4.78, 5) is 12.5. The van der Waals surface area contributed by atoms with E-state index in [1.807, 2.05) is 0 Å². The highest BCUT2D eigenvalue weighted by Gasteiger charge is 2.22. The summed E-state index contributed by atoms with van der Waals surface area (Å²) >= 11 is 6.14. The average Bonchev–Trinajstić information content (AvgIpc) is 3.17. The number of halogens is 1. The maximum absolute atomic E-state index is 13.1. The Balaban J connectivity index is 1.86. The Kier molecular flexibility index (Phi) is 6.95. The second-order valence-electron chi connectivity index (χ2n) is 6.88. The Morgan fingerprint density at radius 2 is 1.81 bits per heavy atom. The van der Waals surface area contributed by atoms with E-state index in [1.54, 1.807) is 32.0 Å². The number of hydrogen-bond donors (Lipinski definition) is 2. The molecule has 1 heterocycles. The molecule has 1 aromatic heterocycles. The Morgan fingerprint density at radius 3 is 2.44 bits per heavy atom. The Labute approximate surface area is 190 Å². The van der Waals surface area contributed by atoms with Gasteiger partial charge in [-0.1, -0.05) is 22.8 Å². The Bertz CT molecular complexity index is 1260. The minimum Gasteiger partial charge on any atom is -0.495 e. The zero-order valence-corrected chi connectivity index (χ0v) is 19.4. The van der Waals surface area contributed by atoms with Crippen LogP contribution in [0.15, 0.2) is 45.8 Å². The van der Waals surface area contributed by atoms with Crippen LogP contribution < -0.4 is 19.5 Å². The molecule has 0 unspecified atom stereocenters. The van der Waals surface area contributed by atoms with Crippen LogP contribution in [0.3, 0.4) is 0 Å². The number of anilines is 1. The van der Waals surface area contributed by atoms with E-state index in [2.05, 4.69) is 15.2 Å². The van der Waals surface area contributed by atoms with Gasteiger partial charge in [-0.25, -0.2) is 8.42 Å². The topological polar surface area (TPSA) is 120 Å². The molecule has 1 amide bonds. The van der Waals surface area contributed by atoms with Gasteiger partial charge in [0.1, 0.15) is 23.0 Å².